The summed E-state index contributed by atoms with van der Waals surface area (Å²) in [5.41, 5.74) is 1.32. The number of carbonyl (C=O) groups is 1. The van der Waals surface area contributed by atoms with Gasteiger partial charge in [0, 0.05) is 17.3 Å². The largest absolute Gasteiger partial charge is 0.463 e. The molecule has 0 atom stereocenters. The molecule has 0 aliphatic rings. The number of nitrogens with one attached hydrogen (secondary N) is 1. The van der Waals surface area contributed by atoms with Crippen molar-refractivity contribution in [1.82, 2.24) is 15.3 Å². The van der Waals surface area contributed by atoms with E-state index in [1.54, 1.807) is 24.7 Å². The van der Waals surface area contributed by atoms with Crippen LogP contribution in [0.2, 0.25) is 0 Å². The van der Waals surface area contributed by atoms with Crippen LogP contribution in [0, 0.1) is 6.92 Å². The van der Waals surface area contributed by atoms with E-state index in [0.29, 0.717) is 28.6 Å². The molecule has 0 fully saturated rings. The van der Waals surface area contributed by atoms with E-state index in [4.69, 9.17) is 4.42 Å². The highest BCUT2D eigenvalue weighted by molar-refractivity contribution is 7.13. The Balaban J connectivity index is 1.75. The van der Waals surface area contributed by atoms with Gasteiger partial charge >= 0.3 is 0 Å². The van der Waals surface area contributed by atoms with Crippen LogP contribution in [0.1, 0.15) is 20.2 Å². The monoisotopic (exact) mass is 299 g/mol. The van der Waals surface area contributed by atoms with Crippen LogP contribution >= 0.6 is 11.3 Å². The predicted molar refractivity (Wildman–Crippen MR) is 80.0 cm³/mol. The number of nitrogens with zero attached hydrogens (tertiary/aromatic N) is 2. The molecule has 106 valence electrons. The van der Waals surface area contributed by atoms with Gasteiger partial charge in [-0.2, -0.15) is 0 Å². The van der Waals surface area contributed by atoms with Crippen molar-refractivity contribution < 1.29 is 9.21 Å². The molecule has 5 nitrogen and oxygen atoms in total. The Hall–Kier alpha value is -2.47. The van der Waals surface area contributed by atoms with Crippen LogP contribution in [0.4, 0.5) is 0 Å². The van der Waals surface area contributed by atoms with E-state index < -0.39 is 0 Å². The maximum atomic E-state index is 12.1. The summed E-state index contributed by atoms with van der Waals surface area (Å²) in [6, 6.07) is 7.36. The third kappa shape index (κ3) is 3.00. The Kier molecular flexibility index (Phi) is 3.79. The molecule has 0 saturated heterocycles. The van der Waals surface area contributed by atoms with E-state index in [0.717, 1.165) is 4.88 Å². The number of furan rings is 1. The number of aryl methyl sites for hydroxylation is 1. The lowest BCUT2D eigenvalue weighted by Crippen LogP contribution is -2.23. The highest BCUT2D eigenvalue weighted by Gasteiger charge is 2.13. The van der Waals surface area contributed by atoms with Gasteiger partial charge in [0.1, 0.15) is 5.69 Å². The standard InChI is InChI=1S/C15H13N3O2S/c1-10-4-5-13(21-10)15(19)18-9-11-14(17-7-6-16-11)12-3-2-8-20-12/h2-8H,9H2,1H3,(H,18,19). The smallest absolute Gasteiger partial charge is 0.261 e. The summed E-state index contributed by atoms with van der Waals surface area (Å²) in [6.07, 6.45) is 4.79. The van der Waals surface area contributed by atoms with Crippen molar-refractivity contribution in [2.24, 2.45) is 0 Å². The van der Waals surface area contributed by atoms with Gasteiger partial charge in [0.2, 0.25) is 0 Å². The van der Waals surface area contributed by atoms with E-state index in [-0.39, 0.29) is 5.91 Å². The molecule has 3 aromatic rings. The fraction of sp³-hybridized carbons (Fsp3) is 0.133. The molecule has 0 bridgehead atoms. The second kappa shape index (κ2) is 5.88. The van der Waals surface area contributed by atoms with Crippen molar-refractivity contribution >= 4 is 17.2 Å². The Bertz CT molecular complexity index is 750. The zero-order valence-corrected chi connectivity index (χ0v) is 12.2. The second-order valence-corrected chi connectivity index (χ2v) is 5.71. The van der Waals surface area contributed by atoms with Crippen molar-refractivity contribution in [2.45, 2.75) is 13.5 Å². The minimum absolute atomic E-state index is 0.107. The fourth-order valence-electron chi connectivity index (χ4n) is 1.92. The van der Waals surface area contributed by atoms with Crippen molar-refractivity contribution in [3.63, 3.8) is 0 Å². The van der Waals surface area contributed by atoms with E-state index in [1.807, 2.05) is 25.1 Å². The summed E-state index contributed by atoms with van der Waals surface area (Å²) in [4.78, 5) is 22.4. The Morgan fingerprint density at radius 1 is 1.29 bits per heavy atom. The molecule has 1 amide bonds. The lowest BCUT2D eigenvalue weighted by molar-refractivity contribution is 0.0954. The predicted octanol–water partition coefficient (Wildman–Crippen LogP) is 3.04. The summed E-state index contributed by atoms with van der Waals surface area (Å²) in [7, 11) is 0. The van der Waals surface area contributed by atoms with Gasteiger partial charge in [-0.1, -0.05) is 0 Å². The van der Waals surface area contributed by atoms with Crippen LogP contribution in [0.3, 0.4) is 0 Å². The van der Waals surface area contributed by atoms with Gasteiger partial charge < -0.3 is 9.73 Å². The first-order valence-corrected chi connectivity index (χ1v) is 7.24. The van der Waals surface area contributed by atoms with E-state index >= 15 is 0 Å². The summed E-state index contributed by atoms with van der Waals surface area (Å²) in [5, 5.41) is 2.86. The molecular formula is C15H13N3O2S. The number of hydrogen-bond donors (Lipinski definition) is 1. The first-order valence-electron chi connectivity index (χ1n) is 6.42. The zero-order valence-electron chi connectivity index (χ0n) is 11.4. The first-order chi connectivity index (χ1) is 10.2. The minimum atomic E-state index is -0.107. The van der Waals surface area contributed by atoms with Gasteiger partial charge in [0.05, 0.1) is 23.4 Å². The molecule has 1 N–H and O–H groups in total. The quantitative estimate of drug-likeness (QED) is 0.804. The lowest BCUT2D eigenvalue weighted by atomic mass is 10.2. The molecule has 21 heavy (non-hydrogen) atoms. The molecule has 0 saturated carbocycles. The number of rotatable bonds is 4. The SMILES string of the molecule is Cc1ccc(C(=O)NCc2nccnc2-c2ccco2)s1. The summed E-state index contributed by atoms with van der Waals surface area (Å²) >= 11 is 1.47. The zero-order chi connectivity index (χ0) is 14.7. The maximum absolute atomic E-state index is 12.1. The van der Waals surface area contributed by atoms with E-state index in [9.17, 15) is 4.79 Å². The summed E-state index contributed by atoms with van der Waals surface area (Å²) < 4.78 is 5.34. The molecule has 3 rings (SSSR count). The van der Waals surface area contributed by atoms with E-state index in [1.165, 1.54) is 11.3 Å². The second-order valence-electron chi connectivity index (χ2n) is 4.42. The third-order valence-electron chi connectivity index (χ3n) is 2.91. The van der Waals surface area contributed by atoms with Crippen LogP contribution in [0.25, 0.3) is 11.5 Å². The molecule has 0 radical (unpaired) electrons. The molecule has 0 unspecified atom stereocenters. The average molecular weight is 299 g/mol. The minimum Gasteiger partial charge on any atom is -0.463 e. The highest BCUT2D eigenvalue weighted by Crippen LogP contribution is 2.20. The van der Waals surface area contributed by atoms with Gasteiger partial charge in [-0.05, 0) is 31.2 Å². The molecular weight excluding hydrogens is 286 g/mol. The first kappa shape index (κ1) is 13.5. The molecule has 3 heterocycles. The number of hydrogen-bond acceptors (Lipinski definition) is 5. The number of amides is 1. The summed E-state index contributed by atoms with van der Waals surface area (Å²) in [5.74, 6) is 0.531. The van der Waals surface area contributed by atoms with Crippen LogP contribution in [0.5, 0.6) is 0 Å². The Morgan fingerprint density at radius 3 is 2.86 bits per heavy atom. The molecule has 0 aromatic carbocycles. The number of thiophene rings is 1. The fourth-order valence-corrected chi connectivity index (χ4v) is 2.71. The normalized spacial score (nSPS) is 10.5. The maximum Gasteiger partial charge on any atom is 0.261 e. The van der Waals surface area contributed by atoms with Crippen molar-refractivity contribution in [2.75, 3.05) is 0 Å². The van der Waals surface area contributed by atoms with Crippen LogP contribution in [-0.2, 0) is 6.54 Å². The van der Waals surface area contributed by atoms with Gasteiger partial charge in [-0.3, -0.25) is 9.78 Å². The van der Waals surface area contributed by atoms with Gasteiger partial charge in [-0.15, -0.1) is 11.3 Å². The highest BCUT2D eigenvalue weighted by atomic mass is 32.1. The van der Waals surface area contributed by atoms with Gasteiger partial charge in [-0.25, -0.2) is 4.98 Å². The van der Waals surface area contributed by atoms with Crippen LogP contribution < -0.4 is 5.32 Å². The number of aromatic nitrogens is 2. The molecule has 3 aromatic heterocycles. The van der Waals surface area contributed by atoms with Crippen LogP contribution in [0.15, 0.2) is 47.3 Å². The van der Waals surface area contributed by atoms with Gasteiger partial charge in [0.25, 0.3) is 5.91 Å². The van der Waals surface area contributed by atoms with Crippen molar-refractivity contribution in [3.8, 4) is 11.5 Å². The van der Waals surface area contributed by atoms with Crippen LogP contribution in [-0.4, -0.2) is 15.9 Å². The van der Waals surface area contributed by atoms with Crippen molar-refractivity contribution in [1.29, 1.82) is 0 Å². The lowest BCUT2D eigenvalue weighted by Gasteiger charge is -2.06. The Morgan fingerprint density at radius 2 is 2.14 bits per heavy atom. The number of carbonyl (C=O) groups excluding carboxylic acids is 1. The average Bonchev–Trinajstić information content (AvgIpc) is 3.16. The topological polar surface area (TPSA) is 68.0 Å². The Labute approximate surface area is 125 Å². The molecule has 6 heteroatoms. The third-order valence-corrected chi connectivity index (χ3v) is 3.91. The van der Waals surface area contributed by atoms with E-state index in [2.05, 4.69) is 15.3 Å². The van der Waals surface area contributed by atoms with Gasteiger partial charge in [0.15, 0.2) is 5.76 Å². The van der Waals surface area contributed by atoms with Crippen molar-refractivity contribution in [3.05, 3.63) is 58.4 Å². The summed E-state index contributed by atoms with van der Waals surface area (Å²) in [6.45, 7) is 2.28. The molecule has 0 aliphatic carbocycles. The molecule has 0 aliphatic heterocycles. The molecule has 0 spiro atoms.